The van der Waals surface area contributed by atoms with Crippen LogP contribution in [0.5, 0.6) is 0 Å². The molecule has 2 aliphatic carbocycles. The fourth-order valence-electron chi connectivity index (χ4n) is 7.73. The van der Waals surface area contributed by atoms with Crippen molar-refractivity contribution in [3.63, 3.8) is 0 Å². The molecule has 4 rings (SSSR count). The van der Waals surface area contributed by atoms with Crippen LogP contribution in [0.3, 0.4) is 0 Å². The summed E-state index contributed by atoms with van der Waals surface area (Å²) in [5.41, 5.74) is 1.37. The molecule has 0 bridgehead atoms. The van der Waals surface area contributed by atoms with E-state index in [4.69, 9.17) is 14.2 Å². The number of fused-ring (bicyclic) bond motifs is 1. The zero-order chi connectivity index (χ0) is 27.0. The Balaban J connectivity index is 1.66. The van der Waals surface area contributed by atoms with Crippen molar-refractivity contribution >= 4 is 17.9 Å². The number of cyclic esters (lactones) is 1. The number of rotatable bonds is 7. The number of carbonyl (C=O) groups excluding carboxylic acids is 3. The molecule has 1 saturated heterocycles. The number of nitrogens with zero attached hydrogens (tertiary/aromatic N) is 2. The SMILES string of the molecule is C=C1CCC2[C@](C)(COC(C)=O)[C@H](OC(C)=O)CC[C@]2(C)[C@H]1CC(C1=CCOC1=O)N1CCN(C)CC1. The van der Waals surface area contributed by atoms with Gasteiger partial charge in [0.2, 0.25) is 0 Å². The van der Waals surface area contributed by atoms with Gasteiger partial charge in [-0.2, -0.15) is 0 Å². The van der Waals surface area contributed by atoms with Crippen molar-refractivity contribution in [3.8, 4) is 0 Å². The van der Waals surface area contributed by atoms with Gasteiger partial charge in [-0.05, 0) is 62.5 Å². The molecule has 2 unspecified atom stereocenters. The van der Waals surface area contributed by atoms with Crippen molar-refractivity contribution in [2.24, 2.45) is 22.7 Å². The largest absolute Gasteiger partial charge is 0.465 e. The van der Waals surface area contributed by atoms with E-state index < -0.39 is 5.41 Å². The second-order valence-corrected chi connectivity index (χ2v) is 12.1. The first-order valence-corrected chi connectivity index (χ1v) is 13.7. The standard InChI is InChI=1S/C29H44N2O6/c1-19-7-8-25-28(4,11-9-26(37-21(3)33)29(25,5)18-36-20(2)32)23(19)17-24(22-10-16-35-27(22)34)31-14-12-30(6)13-15-31/h10,23-26H,1,7-9,11-18H2,2-6H3/t23-,24?,25?,26+,28+,29-/m0/s1. The first-order chi connectivity index (χ1) is 17.5. The third-order valence-corrected chi connectivity index (χ3v) is 9.76. The summed E-state index contributed by atoms with van der Waals surface area (Å²) in [6, 6.07) is -0.0213. The van der Waals surface area contributed by atoms with Gasteiger partial charge in [0.15, 0.2) is 0 Å². The van der Waals surface area contributed by atoms with Gasteiger partial charge in [0.25, 0.3) is 0 Å². The average Bonchev–Trinajstić information content (AvgIpc) is 3.25. The molecule has 2 heterocycles. The maximum absolute atomic E-state index is 12.8. The molecule has 0 aromatic carbocycles. The third-order valence-electron chi connectivity index (χ3n) is 9.76. The van der Waals surface area contributed by atoms with Gasteiger partial charge < -0.3 is 19.1 Å². The normalized spacial score (nSPS) is 35.8. The maximum Gasteiger partial charge on any atom is 0.335 e. The van der Waals surface area contributed by atoms with Crippen LogP contribution in [0.1, 0.15) is 59.8 Å². The topological polar surface area (TPSA) is 85.4 Å². The fourth-order valence-corrected chi connectivity index (χ4v) is 7.73. The Labute approximate surface area is 221 Å². The van der Waals surface area contributed by atoms with Crippen LogP contribution in [0.4, 0.5) is 0 Å². The number of likely N-dealkylation sites (N-methyl/N-ethyl adjacent to an activating group) is 1. The highest BCUT2D eigenvalue weighted by Gasteiger charge is 2.60. The van der Waals surface area contributed by atoms with E-state index in [1.807, 2.05) is 6.08 Å². The minimum Gasteiger partial charge on any atom is -0.465 e. The van der Waals surface area contributed by atoms with Crippen molar-refractivity contribution < 1.29 is 28.6 Å². The molecule has 0 amide bonds. The first-order valence-electron chi connectivity index (χ1n) is 13.7. The summed E-state index contributed by atoms with van der Waals surface area (Å²) in [4.78, 5) is 41.4. The van der Waals surface area contributed by atoms with Gasteiger partial charge in [-0.15, -0.1) is 0 Å². The van der Waals surface area contributed by atoms with Crippen LogP contribution >= 0.6 is 0 Å². The van der Waals surface area contributed by atoms with E-state index in [9.17, 15) is 14.4 Å². The van der Waals surface area contributed by atoms with Crippen LogP contribution < -0.4 is 0 Å². The van der Waals surface area contributed by atoms with Crippen LogP contribution in [-0.2, 0) is 28.6 Å². The Hall–Kier alpha value is -2.19. The van der Waals surface area contributed by atoms with Crippen molar-refractivity contribution in [2.75, 3.05) is 46.4 Å². The Morgan fingerprint density at radius 1 is 1.16 bits per heavy atom. The lowest BCUT2D eigenvalue weighted by atomic mass is 9.45. The molecular weight excluding hydrogens is 472 g/mol. The van der Waals surface area contributed by atoms with E-state index in [0.717, 1.165) is 57.4 Å². The van der Waals surface area contributed by atoms with Gasteiger partial charge >= 0.3 is 17.9 Å². The van der Waals surface area contributed by atoms with Crippen LogP contribution in [0.15, 0.2) is 23.8 Å². The molecule has 0 aromatic heterocycles. The van der Waals surface area contributed by atoms with Crippen molar-refractivity contribution in [1.29, 1.82) is 0 Å². The van der Waals surface area contributed by atoms with E-state index in [-0.39, 0.29) is 53.9 Å². The zero-order valence-electron chi connectivity index (χ0n) is 23.2. The Morgan fingerprint density at radius 2 is 1.86 bits per heavy atom. The number of piperazine rings is 1. The average molecular weight is 517 g/mol. The smallest absolute Gasteiger partial charge is 0.335 e. The lowest BCUT2D eigenvalue weighted by Crippen LogP contribution is -2.59. The van der Waals surface area contributed by atoms with Gasteiger partial charge in [-0.25, -0.2) is 4.79 Å². The number of ether oxygens (including phenoxy) is 3. The predicted molar refractivity (Wildman–Crippen MR) is 140 cm³/mol. The molecule has 0 spiro atoms. The lowest BCUT2D eigenvalue weighted by molar-refractivity contribution is -0.192. The van der Waals surface area contributed by atoms with Gasteiger partial charge in [0.05, 0.1) is 5.57 Å². The highest BCUT2D eigenvalue weighted by Crippen LogP contribution is 2.62. The minimum absolute atomic E-state index is 0.0213. The van der Waals surface area contributed by atoms with Crippen LogP contribution in [0.25, 0.3) is 0 Å². The third kappa shape index (κ3) is 5.51. The van der Waals surface area contributed by atoms with E-state index in [1.165, 1.54) is 19.4 Å². The molecule has 3 fully saturated rings. The van der Waals surface area contributed by atoms with Crippen LogP contribution in [0, 0.1) is 22.7 Å². The summed E-state index contributed by atoms with van der Waals surface area (Å²) < 4.78 is 16.8. The van der Waals surface area contributed by atoms with Gasteiger partial charge in [0, 0.05) is 51.5 Å². The number of carbonyl (C=O) groups is 3. The molecule has 4 aliphatic rings. The summed E-state index contributed by atoms with van der Waals surface area (Å²) in [5, 5.41) is 0. The first kappa shape index (κ1) is 27.8. The minimum atomic E-state index is -0.502. The van der Waals surface area contributed by atoms with Gasteiger partial charge in [0.1, 0.15) is 19.3 Å². The molecule has 8 nitrogen and oxygen atoms in total. The second kappa shape index (κ2) is 10.9. The highest BCUT2D eigenvalue weighted by molar-refractivity contribution is 5.91. The monoisotopic (exact) mass is 516 g/mol. The maximum atomic E-state index is 12.8. The molecule has 6 atom stereocenters. The number of hydrogen-bond donors (Lipinski definition) is 0. The molecule has 0 N–H and O–H groups in total. The molecule has 8 heteroatoms. The summed E-state index contributed by atoms with van der Waals surface area (Å²) in [6.45, 7) is 16.2. The summed E-state index contributed by atoms with van der Waals surface area (Å²) in [5.74, 6) is -0.481. The van der Waals surface area contributed by atoms with Crippen molar-refractivity contribution in [3.05, 3.63) is 23.8 Å². The fraction of sp³-hybridized carbons (Fsp3) is 0.759. The number of allylic oxidation sites excluding steroid dienone is 1. The molecule has 37 heavy (non-hydrogen) atoms. The van der Waals surface area contributed by atoms with E-state index in [0.29, 0.717) is 13.0 Å². The number of esters is 3. The van der Waals surface area contributed by atoms with Gasteiger partial charge in [-0.1, -0.05) is 26.0 Å². The predicted octanol–water partition coefficient (Wildman–Crippen LogP) is 3.36. The van der Waals surface area contributed by atoms with Crippen molar-refractivity contribution in [1.82, 2.24) is 9.80 Å². The summed E-state index contributed by atoms with van der Waals surface area (Å²) >= 11 is 0. The second-order valence-electron chi connectivity index (χ2n) is 12.1. The van der Waals surface area contributed by atoms with E-state index in [2.05, 4.69) is 37.3 Å². The van der Waals surface area contributed by atoms with E-state index in [1.54, 1.807) is 0 Å². The quantitative estimate of drug-likeness (QED) is 0.289. The lowest BCUT2D eigenvalue weighted by Gasteiger charge is -2.61. The molecule has 0 radical (unpaired) electrons. The Bertz CT molecular complexity index is 954. The molecular formula is C29H44N2O6. The van der Waals surface area contributed by atoms with Crippen LogP contribution in [-0.4, -0.2) is 86.3 Å². The van der Waals surface area contributed by atoms with E-state index >= 15 is 0 Å². The Morgan fingerprint density at radius 3 is 2.46 bits per heavy atom. The molecule has 2 aliphatic heterocycles. The van der Waals surface area contributed by atoms with Crippen LogP contribution in [0.2, 0.25) is 0 Å². The molecule has 0 aromatic rings. The molecule has 206 valence electrons. The number of hydrogen-bond acceptors (Lipinski definition) is 8. The highest BCUT2D eigenvalue weighted by atomic mass is 16.6. The summed E-state index contributed by atoms with van der Waals surface area (Å²) in [6.07, 6.45) is 5.82. The van der Waals surface area contributed by atoms with Crippen molar-refractivity contribution in [2.45, 2.75) is 71.9 Å². The zero-order valence-corrected chi connectivity index (χ0v) is 23.2. The Kier molecular flexibility index (Phi) is 8.19. The van der Waals surface area contributed by atoms with Gasteiger partial charge in [-0.3, -0.25) is 14.5 Å². The summed E-state index contributed by atoms with van der Waals surface area (Å²) in [7, 11) is 2.13. The molecule has 2 saturated carbocycles.